The number of ether oxygens (including phenoxy) is 1. The molecular weight excluding hydrogens is 298 g/mol. The highest BCUT2D eigenvalue weighted by Gasteiger charge is 2.35. The second-order valence-electron chi connectivity index (χ2n) is 6.14. The topological polar surface area (TPSA) is 75.9 Å². The number of morpholine rings is 1. The lowest BCUT2D eigenvalue weighted by molar-refractivity contribution is -0.150. The Bertz CT molecular complexity index is 565. The minimum absolute atomic E-state index is 0.0513. The molecule has 0 aliphatic carbocycles. The van der Waals surface area contributed by atoms with E-state index in [0.717, 1.165) is 19.3 Å². The summed E-state index contributed by atoms with van der Waals surface area (Å²) >= 11 is 0. The van der Waals surface area contributed by atoms with Crippen molar-refractivity contribution in [2.75, 3.05) is 32.8 Å². The third-order valence-electron chi connectivity index (χ3n) is 4.44. The van der Waals surface area contributed by atoms with Crippen molar-refractivity contribution in [2.45, 2.75) is 38.6 Å². The van der Waals surface area contributed by atoms with Crippen LogP contribution < -0.4 is 0 Å². The molecule has 23 heavy (non-hydrogen) atoms. The highest BCUT2D eigenvalue weighted by atomic mass is 16.5. The SMILES string of the molecule is Cc1cc(CC(=O)N2CCCCC2C(=O)N2CCOCC2)no1. The molecule has 2 aliphatic rings. The van der Waals surface area contributed by atoms with Crippen LogP contribution in [0.15, 0.2) is 10.6 Å². The first-order chi connectivity index (χ1) is 11.1. The van der Waals surface area contributed by atoms with Crippen molar-refractivity contribution < 1.29 is 18.8 Å². The predicted octanol–water partition coefficient (Wildman–Crippen LogP) is 0.765. The first-order valence-corrected chi connectivity index (χ1v) is 8.23. The molecule has 126 valence electrons. The fourth-order valence-electron chi connectivity index (χ4n) is 3.24. The summed E-state index contributed by atoms with van der Waals surface area (Å²) in [6.07, 6.45) is 2.84. The highest BCUT2D eigenvalue weighted by Crippen LogP contribution is 2.21. The van der Waals surface area contributed by atoms with Crippen LogP contribution in [0.2, 0.25) is 0 Å². The average molecular weight is 321 g/mol. The Balaban J connectivity index is 1.67. The highest BCUT2D eigenvalue weighted by molar-refractivity contribution is 5.88. The molecule has 2 amide bonds. The lowest BCUT2D eigenvalue weighted by Crippen LogP contribution is -2.55. The number of hydrogen-bond donors (Lipinski definition) is 0. The molecule has 0 aromatic carbocycles. The van der Waals surface area contributed by atoms with Crippen LogP contribution in [0.1, 0.15) is 30.7 Å². The molecule has 2 fully saturated rings. The Morgan fingerprint density at radius 3 is 2.74 bits per heavy atom. The molecule has 7 heteroatoms. The quantitative estimate of drug-likeness (QED) is 0.822. The van der Waals surface area contributed by atoms with Gasteiger partial charge in [-0.3, -0.25) is 9.59 Å². The van der Waals surface area contributed by atoms with Gasteiger partial charge in [0.1, 0.15) is 11.8 Å². The van der Waals surface area contributed by atoms with Crippen molar-refractivity contribution in [3.8, 4) is 0 Å². The van der Waals surface area contributed by atoms with Crippen molar-refractivity contribution in [2.24, 2.45) is 0 Å². The van der Waals surface area contributed by atoms with E-state index in [4.69, 9.17) is 9.26 Å². The number of rotatable bonds is 3. The number of likely N-dealkylation sites (tertiary alicyclic amines) is 1. The zero-order valence-electron chi connectivity index (χ0n) is 13.5. The zero-order chi connectivity index (χ0) is 16.2. The van der Waals surface area contributed by atoms with Gasteiger partial charge >= 0.3 is 0 Å². The summed E-state index contributed by atoms with van der Waals surface area (Å²) < 4.78 is 10.3. The largest absolute Gasteiger partial charge is 0.378 e. The van der Waals surface area contributed by atoms with Gasteiger partial charge < -0.3 is 19.1 Å². The van der Waals surface area contributed by atoms with E-state index < -0.39 is 0 Å². The molecule has 3 heterocycles. The molecule has 1 unspecified atom stereocenters. The average Bonchev–Trinajstić information content (AvgIpc) is 3.00. The van der Waals surface area contributed by atoms with E-state index in [1.807, 2.05) is 4.90 Å². The van der Waals surface area contributed by atoms with Gasteiger partial charge in [0.05, 0.1) is 25.3 Å². The maximum absolute atomic E-state index is 12.8. The van der Waals surface area contributed by atoms with Gasteiger partial charge in [-0.1, -0.05) is 5.16 Å². The molecule has 0 bridgehead atoms. The minimum Gasteiger partial charge on any atom is -0.378 e. The van der Waals surface area contributed by atoms with E-state index in [2.05, 4.69) is 5.16 Å². The van der Waals surface area contributed by atoms with Crippen LogP contribution in [0.4, 0.5) is 0 Å². The van der Waals surface area contributed by atoms with Crippen molar-refractivity contribution in [1.82, 2.24) is 15.0 Å². The van der Waals surface area contributed by atoms with Crippen molar-refractivity contribution in [3.63, 3.8) is 0 Å². The Morgan fingerprint density at radius 1 is 1.26 bits per heavy atom. The van der Waals surface area contributed by atoms with Crippen LogP contribution in [0, 0.1) is 6.92 Å². The number of aryl methyl sites for hydroxylation is 1. The molecule has 3 rings (SSSR count). The van der Waals surface area contributed by atoms with Crippen LogP contribution in [0.5, 0.6) is 0 Å². The van der Waals surface area contributed by atoms with E-state index >= 15 is 0 Å². The molecular formula is C16H23N3O4. The first-order valence-electron chi connectivity index (χ1n) is 8.23. The zero-order valence-corrected chi connectivity index (χ0v) is 13.5. The molecule has 1 aromatic rings. The van der Waals surface area contributed by atoms with E-state index in [0.29, 0.717) is 44.3 Å². The van der Waals surface area contributed by atoms with Crippen molar-refractivity contribution in [1.29, 1.82) is 0 Å². The Kier molecular flexibility index (Phi) is 4.95. The molecule has 0 N–H and O–H groups in total. The molecule has 7 nitrogen and oxygen atoms in total. The molecule has 0 radical (unpaired) electrons. The monoisotopic (exact) mass is 321 g/mol. The van der Waals surface area contributed by atoms with E-state index in [1.165, 1.54) is 0 Å². The summed E-state index contributed by atoms with van der Waals surface area (Å²) in [7, 11) is 0. The van der Waals surface area contributed by atoms with Gasteiger partial charge in [-0.15, -0.1) is 0 Å². The molecule has 0 spiro atoms. The standard InChI is InChI=1S/C16H23N3O4/c1-12-10-13(17-23-12)11-15(20)19-5-3-2-4-14(19)16(21)18-6-8-22-9-7-18/h10,14H,2-9,11H2,1H3. The number of nitrogens with zero attached hydrogens (tertiary/aromatic N) is 3. The van der Waals surface area contributed by atoms with Gasteiger partial charge in [0.2, 0.25) is 11.8 Å². The molecule has 2 saturated heterocycles. The van der Waals surface area contributed by atoms with Gasteiger partial charge in [-0.2, -0.15) is 0 Å². The maximum Gasteiger partial charge on any atom is 0.245 e. The summed E-state index contributed by atoms with van der Waals surface area (Å²) in [6.45, 7) is 4.80. The van der Waals surface area contributed by atoms with E-state index in [-0.39, 0.29) is 24.3 Å². The summed E-state index contributed by atoms with van der Waals surface area (Å²) in [5.41, 5.74) is 0.621. The second kappa shape index (κ2) is 7.12. The fraction of sp³-hybridized carbons (Fsp3) is 0.688. The third kappa shape index (κ3) is 3.72. The van der Waals surface area contributed by atoms with Crippen LogP contribution in [-0.2, 0) is 20.7 Å². The Labute approximate surface area is 135 Å². The molecule has 1 atom stereocenters. The molecule has 0 saturated carbocycles. The smallest absolute Gasteiger partial charge is 0.245 e. The predicted molar refractivity (Wildman–Crippen MR) is 81.7 cm³/mol. The van der Waals surface area contributed by atoms with Crippen LogP contribution in [0.3, 0.4) is 0 Å². The molecule has 2 aliphatic heterocycles. The second-order valence-corrected chi connectivity index (χ2v) is 6.14. The lowest BCUT2D eigenvalue weighted by atomic mass is 10.00. The van der Waals surface area contributed by atoms with E-state index in [9.17, 15) is 9.59 Å². The first kappa shape index (κ1) is 16.0. The molecule has 1 aromatic heterocycles. The number of piperidine rings is 1. The summed E-state index contributed by atoms with van der Waals surface area (Å²) in [5.74, 6) is 0.690. The Hall–Kier alpha value is -1.89. The Morgan fingerprint density at radius 2 is 2.04 bits per heavy atom. The normalized spacial score (nSPS) is 22.2. The van der Waals surface area contributed by atoms with Gasteiger partial charge in [0.15, 0.2) is 0 Å². The van der Waals surface area contributed by atoms with Gasteiger partial charge in [-0.25, -0.2) is 0 Å². The maximum atomic E-state index is 12.8. The summed E-state index contributed by atoms with van der Waals surface area (Å²) in [4.78, 5) is 28.9. The van der Waals surface area contributed by atoms with Gasteiger partial charge in [0.25, 0.3) is 0 Å². The number of amides is 2. The lowest BCUT2D eigenvalue weighted by Gasteiger charge is -2.38. The number of hydrogen-bond acceptors (Lipinski definition) is 5. The van der Waals surface area contributed by atoms with Gasteiger partial charge in [-0.05, 0) is 26.2 Å². The van der Waals surface area contributed by atoms with Crippen LogP contribution >= 0.6 is 0 Å². The third-order valence-corrected chi connectivity index (χ3v) is 4.44. The minimum atomic E-state index is -0.345. The number of carbonyl (C=O) groups is 2. The van der Waals surface area contributed by atoms with Gasteiger partial charge in [0, 0.05) is 25.7 Å². The van der Waals surface area contributed by atoms with Crippen molar-refractivity contribution in [3.05, 3.63) is 17.5 Å². The number of aromatic nitrogens is 1. The summed E-state index contributed by atoms with van der Waals surface area (Å²) in [6, 6.07) is 1.42. The van der Waals surface area contributed by atoms with Crippen LogP contribution in [0.25, 0.3) is 0 Å². The number of carbonyl (C=O) groups excluding carboxylic acids is 2. The van der Waals surface area contributed by atoms with Crippen LogP contribution in [-0.4, -0.2) is 65.7 Å². The van der Waals surface area contributed by atoms with Crippen molar-refractivity contribution >= 4 is 11.8 Å². The van der Waals surface area contributed by atoms with E-state index in [1.54, 1.807) is 17.9 Å². The fourth-order valence-corrected chi connectivity index (χ4v) is 3.24. The summed E-state index contributed by atoms with van der Waals surface area (Å²) in [5, 5.41) is 3.88.